The van der Waals surface area contributed by atoms with Crippen LogP contribution in [0.3, 0.4) is 0 Å². The van der Waals surface area contributed by atoms with Crippen molar-refractivity contribution in [3.8, 4) is 0 Å². The Balaban J connectivity index is 0.000000338. The summed E-state index contributed by atoms with van der Waals surface area (Å²) in [4.78, 5) is 44.0. The van der Waals surface area contributed by atoms with Crippen molar-refractivity contribution < 1.29 is 45.8 Å². The van der Waals surface area contributed by atoms with Crippen molar-refractivity contribution in [2.45, 2.75) is 12.4 Å². The van der Waals surface area contributed by atoms with Crippen LogP contribution in [0.2, 0.25) is 0 Å². The minimum Gasteiger partial charge on any atom is -0.345 e. The fourth-order valence-corrected chi connectivity index (χ4v) is 4.04. The van der Waals surface area contributed by atoms with E-state index in [-0.39, 0.29) is 44.0 Å². The molecule has 56 heavy (non-hydrogen) atoms. The molecule has 1 N–H and O–H groups in total. The number of alkyl halides is 6. The molecule has 4 aromatic carbocycles. The van der Waals surface area contributed by atoms with Gasteiger partial charge in [0.1, 0.15) is 0 Å². The van der Waals surface area contributed by atoms with E-state index in [0.717, 1.165) is 54.6 Å². The number of Topliss-reactive ketones (excluding diaryl/α,β-unsaturated/α-hetero) is 1. The number of carbonyl (C=O) groups excluding carboxylic acids is 2. The number of amides is 1. The van der Waals surface area contributed by atoms with E-state index < -0.39 is 54.9 Å². The summed E-state index contributed by atoms with van der Waals surface area (Å²) < 4.78 is 71.2. The molecular formula is C31H19Cl7F6N5O6P. The molecule has 0 bridgehead atoms. The van der Waals surface area contributed by atoms with Crippen LogP contribution >= 0.6 is 82.8 Å². The first-order chi connectivity index (χ1) is 25.6. The van der Waals surface area contributed by atoms with Gasteiger partial charge in [-0.25, -0.2) is 0 Å². The normalized spacial score (nSPS) is 12.8. The van der Waals surface area contributed by atoms with E-state index in [1.165, 1.54) is 42.5 Å². The Hall–Kier alpha value is -3.80. The maximum Gasteiger partial charge on any atom is 0.416 e. The van der Waals surface area contributed by atoms with Crippen molar-refractivity contribution in [1.82, 2.24) is 5.32 Å². The van der Waals surface area contributed by atoms with Crippen LogP contribution in [0.4, 0.5) is 37.7 Å². The minimum atomic E-state index is -4.51. The third-order valence-corrected chi connectivity index (χ3v) is 6.82. The van der Waals surface area contributed by atoms with Gasteiger partial charge in [-0.1, -0.05) is 59.6 Å². The van der Waals surface area contributed by atoms with E-state index in [9.17, 15) is 56.2 Å². The summed E-state index contributed by atoms with van der Waals surface area (Å²) in [6, 6.07) is 17.9. The Morgan fingerprint density at radius 2 is 0.964 bits per heavy atom. The van der Waals surface area contributed by atoms with E-state index in [2.05, 4.69) is 15.5 Å². The van der Waals surface area contributed by atoms with Gasteiger partial charge < -0.3 is 5.32 Å². The first kappa shape index (κ1) is 48.3. The number of nitro benzene ring substituents is 2. The number of nitrogens with one attached hydrogen (secondary N) is 1. The van der Waals surface area contributed by atoms with Crippen LogP contribution in [0.5, 0.6) is 0 Å². The number of hydrogen-bond donors (Lipinski definition) is 1. The average Bonchev–Trinajstić information content (AvgIpc) is 3.11. The van der Waals surface area contributed by atoms with Crippen LogP contribution in [0.15, 0.2) is 107 Å². The Labute approximate surface area is 345 Å². The Bertz CT molecular complexity index is 2120. The predicted octanol–water partition coefficient (Wildman–Crippen LogP) is 12.7. The molecule has 11 nitrogen and oxygen atoms in total. The Morgan fingerprint density at radius 1 is 0.607 bits per heavy atom. The quantitative estimate of drug-likeness (QED) is 0.0439. The molecule has 0 spiro atoms. The summed E-state index contributed by atoms with van der Waals surface area (Å²) in [6.45, 7) is -0.443. The van der Waals surface area contributed by atoms with Gasteiger partial charge in [-0.3, -0.25) is 29.8 Å². The molecule has 0 aliphatic heterocycles. The number of carbonyl (C=O) groups is 2. The number of nitro groups is 2. The number of nitrogens with zero attached hydrogens (tertiary/aromatic N) is 4. The predicted molar refractivity (Wildman–Crippen MR) is 207 cm³/mol. The van der Waals surface area contributed by atoms with Crippen molar-refractivity contribution in [1.29, 1.82) is 0 Å². The maximum absolute atomic E-state index is 12.5. The number of hydrogen-bond acceptors (Lipinski definition) is 8. The van der Waals surface area contributed by atoms with Gasteiger partial charge in [0.25, 0.3) is 17.3 Å². The summed E-state index contributed by atoms with van der Waals surface area (Å²) in [7, 11) is 0. The van der Waals surface area contributed by atoms with Gasteiger partial charge in [-0.05, 0) is 36.4 Å². The Kier molecular flexibility index (Phi) is 17.3. The second-order valence-electron chi connectivity index (χ2n) is 10.3. The fourth-order valence-electron chi connectivity index (χ4n) is 3.72. The maximum atomic E-state index is 12.5. The second-order valence-corrected chi connectivity index (χ2v) is 27.6. The standard InChI is InChI=1S/C16H11F3N2O4.C15H8Cl2F3N3O2.Cl5P/c17-16(18,19)12-6-4-10(5-7-12)15(23)20-9-14(22)11-2-1-3-13(8-11)21(24)25;16-13(9-4-6-11(7-5-9)15(18,19)20)21-22-14(17)10-2-1-3-12(8-10)23(24)25;1-6(2,3,4)5/h1-8H,9H2,(H,20,23);1-8H;/b;21-13-,22-14-;. The molecule has 0 saturated heterocycles. The molecule has 4 aromatic rings. The van der Waals surface area contributed by atoms with E-state index in [1.807, 2.05) is 0 Å². The van der Waals surface area contributed by atoms with Crippen molar-refractivity contribution in [2.24, 2.45) is 10.2 Å². The topological polar surface area (TPSA) is 157 Å². The summed E-state index contributed by atoms with van der Waals surface area (Å²) in [5.74, 6) is -1.29. The number of halogens is 13. The smallest absolute Gasteiger partial charge is 0.345 e. The van der Waals surface area contributed by atoms with Crippen molar-refractivity contribution in [3.05, 3.63) is 151 Å². The van der Waals surface area contributed by atoms with Crippen LogP contribution in [-0.4, -0.2) is 38.4 Å². The first-order valence-electron chi connectivity index (χ1n) is 14.3. The Morgan fingerprint density at radius 3 is 1.36 bits per heavy atom. The van der Waals surface area contributed by atoms with Crippen LogP contribution in [0, 0.1) is 20.2 Å². The van der Waals surface area contributed by atoms with E-state index in [1.54, 1.807) is 0 Å². The zero-order chi connectivity index (χ0) is 42.7. The molecule has 0 heterocycles. The second kappa shape index (κ2) is 20.1. The van der Waals surface area contributed by atoms with Crippen LogP contribution in [0.25, 0.3) is 0 Å². The number of rotatable bonds is 9. The van der Waals surface area contributed by atoms with Crippen molar-refractivity contribution in [3.63, 3.8) is 0 Å². The van der Waals surface area contributed by atoms with E-state index in [4.69, 9.17) is 79.4 Å². The summed E-state index contributed by atoms with van der Waals surface area (Å²) in [5, 5.41) is 30.6. The third kappa shape index (κ3) is 18.0. The summed E-state index contributed by atoms with van der Waals surface area (Å²) in [6.07, 6.45) is -8.96. The molecule has 25 heteroatoms. The monoisotopic (exact) mass is 947 g/mol. The van der Waals surface area contributed by atoms with Gasteiger partial charge in [0.15, 0.2) is 16.1 Å². The largest absolute Gasteiger partial charge is 0.416 e. The molecule has 4 rings (SSSR count). The van der Waals surface area contributed by atoms with Crippen molar-refractivity contribution in [2.75, 3.05) is 6.54 Å². The van der Waals surface area contributed by atoms with Gasteiger partial charge >= 0.3 is 71.9 Å². The van der Waals surface area contributed by atoms with Crippen molar-refractivity contribution >= 4 is 116 Å². The van der Waals surface area contributed by atoms with Crippen LogP contribution < -0.4 is 5.32 Å². The van der Waals surface area contributed by atoms with E-state index in [0.29, 0.717) is 0 Å². The molecule has 0 aromatic heterocycles. The van der Waals surface area contributed by atoms with E-state index >= 15 is 0 Å². The molecular weight excluding hydrogens is 932 g/mol. The molecule has 300 valence electrons. The molecule has 0 atom stereocenters. The van der Waals surface area contributed by atoms with Crippen LogP contribution in [-0.2, 0) is 12.4 Å². The molecule has 0 aliphatic rings. The molecule has 0 unspecified atom stereocenters. The molecule has 0 saturated carbocycles. The minimum absolute atomic E-state index is 0.0418. The summed E-state index contributed by atoms with van der Waals surface area (Å²) >= 11 is 36.7. The molecule has 0 radical (unpaired) electrons. The number of ketones is 1. The van der Waals surface area contributed by atoms with Gasteiger partial charge in [0.2, 0.25) is 0 Å². The number of non-ortho nitro benzene ring substituents is 2. The zero-order valence-corrected chi connectivity index (χ0v) is 33.2. The SMILES string of the molecule is ClP(Cl)(Cl)(Cl)Cl.O=C(CNC(=O)c1ccc(C(F)(F)F)cc1)c1cccc([N+](=O)[O-])c1.O=[N+]([O-])c1cccc(/C(Cl)=N/N=C(\Cl)c2ccc(C(F)(F)F)cc2)c1. The number of benzene rings is 4. The summed E-state index contributed by atoms with van der Waals surface area (Å²) in [5.41, 5.74) is -1.70. The molecule has 1 amide bonds. The first-order valence-corrected chi connectivity index (χ1v) is 21.8. The van der Waals surface area contributed by atoms with Gasteiger partial charge in [0, 0.05) is 46.5 Å². The molecule has 0 aliphatic carbocycles. The molecule has 0 fully saturated rings. The van der Waals surface area contributed by atoms with Crippen LogP contribution in [0.1, 0.15) is 43.0 Å². The third-order valence-electron chi connectivity index (χ3n) is 6.23. The zero-order valence-electron chi connectivity index (χ0n) is 27.0. The van der Waals surface area contributed by atoms with Gasteiger partial charge in [-0.2, -0.15) is 26.3 Å². The van der Waals surface area contributed by atoms with Gasteiger partial charge in [0.05, 0.1) is 27.5 Å². The fraction of sp³-hybridized carbons (Fsp3) is 0.0968. The van der Waals surface area contributed by atoms with Gasteiger partial charge in [-0.15, -0.1) is 10.2 Å². The average molecular weight is 951 g/mol.